The van der Waals surface area contributed by atoms with E-state index in [-0.39, 0.29) is 18.1 Å². The third-order valence-corrected chi connectivity index (χ3v) is 3.28. The molecule has 0 radical (unpaired) electrons. The second-order valence-corrected chi connectivity index (χ2v) is 5.67. The molecular weight excluding hydrogens is 240 g/mol. The third-order valence-electron chi connectivity index (χ3n) is 1.95. The van der Waals surface area contributed by atoms with Crippen LogP contribution in [-0.2, 0) is 19.0 Å². The van der Waals surface area contributed by atoms with Crippen molar-refractivity contribution in [2.75, 3.05) is 19.8 Å². The highest BCUT2D eigenvalue weighted by atomic mass is 32.2. The molecule has 5 heteroatoms. The van der Waals surface area contributed by atoms with Crippen LogP contribution in [0, 0.1) is 5.92 Å². The van der Waals surface area contributed by atoms with Gasteiger partial charge in [-0.3, -0.25) is 4.18 Å². The Kier molecular flexibility index (Phi) is 5.61. The number of benzene rings is 1. The maximum atomic E-state index is 11.7. The van der Waals surface area contributed by atoms with Crippen LogP contribution in [0.3, 0.4) is 0 Å². The first-order chi connectivity index (χ1) is 8.02. The zero-order chi connectivity index (χ0) is 12.7. The molecule has 96 valence electrons. The molecule has 0 spiro atoms. The summed E-state index contributed by atoms with van der Waals surface area (Å²) in [5.41, 5.74) is 0. The van der Waals surface area contributed by atoms with Crippen LogP contribution < -0.4 is 0 Å². The lowest BCUT2D eigenvalue weighted by molar-refractivity contribution is 0.0835. The summed E-state index contributed by atoms with van der Waals surface area (Å²) < 4.78 is 33.4. The van der Waals surface area contributed by atoms with Crippen molar-refractivity contribution in [3.05, 3.63) is 30.3 Å². The van der Waals surface area contributed by atoms with Crippen molar-refractivity contribution in [1.29, 1.82) is 0 Å². The van der Waals surface area contributed by atoms with Crippen LogP contribution in [-0.4, -0.2) is 28.2 Å². The van der Waals surface area contributed by atoms with E-state index in [0.717, 1.165) is 0 Å². The van der Waals surface area contributed by atoms with Gasteiger partial charge in [-0.1, -0.05) is 32.0 Å². The first kappa shape index (κ1) is 14.2. The zero-order valence-electron chi connectivity index (χ0n) is 10.1. The number of rotatable bonds is 7. The Hall–Kier alpha value is -0.910. The van der Waals surface area contributed by atoms with E-state index in [4.69, 9.17) is 8.92 Å². The Morgan fingerprint density at radius 3 is 2.35 bits per heavy atom. The molecule has 0 aliphatic rings. The zero-order valence-corrected chi connectivity index (χ0v) is 10.9. The minimum absolute atomic E-state index is 0.0456. The maximum absolute atomic E-state index is 11.7. The quantitative estimate of drug-likeness (QED) is 0.555. The molecule has 0 unspecified atom stereocenters. The third kappa shape index (κ3) is 5.30. The molecule has 0 fully saturated rings. The lowest BCUT2D eigenvalue weighted by Gasteiger charge is -2.07. The lowest BCUT2D eigenvalue weighted by Crippen LogP contribution is -2.13. The Morgan fingerprint density at radius 1 is 1.12 bits per heavy atom. The van der Waals surface area contributed by atoms with Gasteiger partial charge in [0.25, 0.3) is 10.1 Å². The molecule has 1 aromatic carbocycles. The van der Waals surface area contributed by atoms with Crippen molar-refractivity contribution >= 4 is 10.1 Å². The van der Waals surface area contributed by atoms with Gasteiger partial charge in [-0.25, -0.2) is 0 Å². The van der Waals surface area contributed by atoms with Crippen LogP contribution in [0.1, 0.15) is 13.8 Å². The van der Waals surface area contributed by atoms with E-state index in [9.17, 15) is 8.42 Å². The Bertz CT molecular complexity index is 411. The first-order valence-corrected chi connectivity index (χ1v) is 6.95. The monoisotopic (exact) mass is 258 g/mol. The number of ether oxygens (including phenoxy) is 1. The van der Waals surface area contributed by atoms with E-state index in [2.05, 4.69) is 0 Å². The van der Waals surface area contributed by atoms with E-state index in [1.807, 2.05) is 13.8 Å². The van der Waals surface area contributed by atoms with Crippen LogP contribution in [0.25, 0.3) is 0 Å². The molecular formula is C12H18O4S. The highest BCUT2D eigenvalue weighted by molar-refractivity contribution is 7.86. The molecule has 0 atom stereocenters. The molecule has 1 aromatic rings. The normalized spacial score (nSPS) is 11.9. The Morgan fingerprint density at radius 2 is 1.76 bits per heavy atom. The van der Waals surface area contributed by atoms with E-state index in [1.165, 1.54) is 12.1 Å². The fourth-order valence-electron chi connectivity index (χ4n) is 1.18. The van der Waals surface area contributed by atoms with Gasteiger partial charge in [-0.15, -0.1) is 0 Å². The van der Waals surface area contributed by atoms with Gasteiger partial charge in [0.15, 0.2) is 0 Å². The number of hydrogen-bond donors (Lipinski definition) is 0. The second kappa shape index (κ2) is 6.74. The van der Waals surface area contributed by atoms with Gasteiger partial charge in [0.05, 0.1) is 18.1 Å². The molecule has 0 N–H and O–H groups in total. The number of hydrogen-bond acceptors (Lipinski definition) is 4. The van der Waals surface area contributed by atoms with Gasteiger partial charge in [-0.05, 0) is 18.1 Å². The summed E-state index contributed by atoms with van der Waals surface area (Å²) >= 11 is 0. The molecule has 0 aliphatic carbocycles. The average Bonchev–Trinajstić information content (AvgIpc) is 2.29. The van der Waals surface area contributed by atoms with Crippen molar-refractivity contribution in [2.24, 2.45) is 5.92 Å². The fraction of sp³-hybridized carbons (Fsp3) is 0.500. The maximum Gasteiger partial charge on any atom is 0.297 e. The van der Waals surface area contributed by atoms with E-state index >= 15 is 0 Å². The lowest BCUT2D eigenvalue weighted by atomic mass is 10.2. The molecule has 0 aliphatic heterocycles. The molecule has 4 nitrogen and oxygen atoms in total. The van der Waals surface area contributed by atoms with E-state index in [0.29, 0.717) is 12.5 Å². The molecule has 1 rings (SSSR count). The summed E-state index contributed by atoms with van der Waals surface area (Å²) in [5, 5.41) is 0. The van der Waals surface area contributed by atoms with Crippen LogP contribution in [0.15, 0.2) is 35.2 Å². The molecule has 0 amide bonds. The average molecular weight is 258 g/mol. The van der Waals surface area contributed by atoms with Crippen molar-refractivity contribution in [2.45, 2.75) is 18.7 Å². The Labute approximate surface area is 103 Å². The van der Waals surface area contributed by atoms with Crippen molar-refractivity contribution in [3.63, 3.8) is 0 Å². The summed E-state index contributed by atoms with van der Waals surface area (Å²) in [7, 11) is -3.64. The molecule has 0 heterocycles. The van der Waals surface area contributed by atoms with Gasteiger partial charge in [0.1, 0.15) is 0 Å². The molecule has 0 bridgehead atoms. The van der Waals surface area contributed by atoms with Crippen molar-refractivity contribution in [3.8, 4) is 0 Å². The van der Waals surface area contributed by atoms with Crippen molar-refractivity contribution in [1.82, 2.24) is 0 Å². The Balaban J connectivity index is 2.36. The fourth-order valence-corrected chi connectivity index (χ4v) is 2.09. The standard InChI is InChI=1S/C12H18O4S/c1-11(2)10-15-8-9-16-17(13,14)12-6-4-3-5-7-12/h3-7,11H,8-10H2,1-2H3. The van der Waals surface area contributed by atoms with Crippen molar-refractivity contribution < 1.29 is 17.3 Å². The summed E-state index contributed by atoms with van der Waals surface area (Å²) in [4.78, 5) is 0.170. The first-order valence-electron chi connectivity index (χ1n) is 5.54. The predicted molar refractivity (Wildman–Crippen MR) is 65.2 cm³/mol. The van der Waals surface area contributed by atoms with Gasteiger partial charge in [-0.2, -0.15) is 8.42 Å². The SMILES string of the molecule is CC(C)COCCOS(=O)(=O)c1ccccc1. The van der Waals surface area contributed by atoms with Crippen LogP contribution in [0.4, 0.5) is 0 Å². The van der Waals surface area contributed by atoms with Gasteiger partial charge < -0.3 is 4.74 Å². The van der Waals surface area contributed by atoms with E-state index < -0.39 is 10.1 Å². The van der Waals surface area contributed by atoms with Crippen LogP contribution >= 0.6 is 0 Å². The molecule has 17 heavy (non-hydrogen) atoms. The summed E-state index contributed by atoms with van der Waals surface area (Å²) in [6, 6.07) is 8.08. The van der Waals surface area contributed by atoms with Crippen LogP contribution in [0.5, 0.6) is 0 Å². The minimum Gasteiger partial charge on any atom is -0.379 e. The topological polar surface area (TPSA) is 52.6 Å². The van der Waals surface area contributed by atoms with Gasteiger partial charge in [0, 0.05) is 6.61 Å². The molecule has 0 saturated heterocycles. The van der Waals surface area contributed by atoms with Gasteiger partial charge in [0.2, 0.25) is 0 Å². The summed E-state index contributed by atoms with van der Waals surface area (Å²) in [5.74, 6) is 0.431. The smallest absolute Gasteiger partial charge is 0.297 e. The predicted octanol–water partition coefficient (Wildman–Crippen LogP) is 2.06. The summed E-state index contributed by atoms with van der Waals surface area (Å²) in [6.07, 6.45) is 0. The second-order valence-electron chi connectivity index (χ2n) is 4.06. The highest BCUT2D eigenvalue weighted by Crippen LogP contribution is 2.10. The minimum atomic E-state index is -3.64. The largest absolute Gasteiger partial charge is 0.379 e. The molecule has 0 saturated carbocycles. The van der Waals surface area contributed by atoms with E-state index in [1.54, 1.807) is 18.2 Å². The summed E-state index contributed by atoms with van der Waals surface area (Å²) in [6.45, 7) is 4.99. The van der Waals surface area contributed by atoms with Gasteiger partial charge >= 0.3 is 0 Å². The molecule has 0 aromatic heterocycles. The highest BCUT2D eigenvalue weighted by Gasteiger charge is 2.13. The van der Waals surface area contributed by atoms with Crippen LogP contribution in [0.2, 0.25) is 0 Å².